The predicted octanol–water partition coefficient (Wildman–Crippen LogP) is 3.23. The van der Waals surface area contributed by atoms with E-state index in [0.717, 1.165) is 27.8 Å². The molecule has 0 aliphatic carbocycles. The minimum absolute atomic E-state index is 0.141. The maximum Gasteiger partial charge on any atom is 0.330 e. The van der Waals surface area contributed by atoms with Crippen molar-refractivity contribution in [3.8, 4) is 0 Å². The number of fused-ring (bicyclic) bond motifs is 1. The number of methoxy groups -OCH3 is 1. The van der Waals surface area contributed by atoms with Crippen LogP contribution in [0.5, 0.6) is 0 Å². The number of aryl methyl sites for hydroxylation is 1. The molecule has 4 rings (SSSR count). The number of aromatic nitrogens is 1. The van der Waals surface area contributed by atoms with Crippen LogP contribution in [-0.4, -0.2) is 48.4 Å². The van der Waals surface area contributed by atoms with E-state index in [-0.39, 0.29) is 18.4 Å². The molecule has 11 heteroatoms. The number of nitrogens with one attached hydrogen (secondary N) is 4. The van der Waals surface area contributed by atoms with Crippen LogP contribution in [0.2, 0.25) is 0 Å². The van der Waals surface area contributed by atoms with Crippen molar-refractivity contribution in [3.05, 3.63) is 79.8 Å². The fourth-order valence-corrected chi connectivity index (χ4v) is 5.27. The molecule has 3 aromatic heterocycles. The summed E-state index contributed by atoms with van der Waals surface area (Å²) in [6.07, 6.45) is 1.85. The quantitative estimate of drug-likeness (QED) is 0.250. The average molecular weight is 525 g/mol. The summed E-state index contributed by atoms with van der Waals surface area (Å²) in [6, 6.07) is 11.7. The molecule has 0 fully saturated rings. The van der Waals surface area contributed by atoms with Crippen LogP contribution in [0.4, 0.5) is 0 Å². The number of hydrogen-bond donors (Lipinski definition) is 4. The number of carbonyl (C=O) groups excluding carboxylic acids is 4. The number of aromatic amines is 1. The normalized spacial score (nSPS) is 11.6. The molecule has 0 spiro atoms. The molecule has 9 nitrogen and oxygen atoms in total. The summed E-state index contributed by atoms with van der Waals surface area (Å²) in [5.41, 5.74) is 2.56. The third-order valence-electron chi connectivity index (χ3n) is 5.48. The molecule has 4 aromatic rings. The second-order valence-electron chi connectivity index (χ2n) is 7.90. The van der Waals surface area contributed by atoms with Gasteiger partial charge in [-0.15, -0.1) is 22.7 Å². The monoisotopic (exact) mass is 524 g/mol. The van der Waals surface area contributed by atoms with Gasteiger partial charge in [-0.05, 0) is 47.7 Å². The number of esters is 1. The number of amides is 3. The second kappa shape index (κ2) is 11.2. The van der Waals surface area contributed by atoms with Crippen molar-refractivity contribution in [2.45, 2.75) is 19.5 Å². The van der Waals surface area contributed by atoms with Gasteiger partial charge >= 0.3 is 5.97 Å². The molecule has 1 aromatic carbocycles. The van der Waals surface area contributed by atoms with Gasteiger partial charge in [-0.2, -0.15) is 0 Å². The number of hydrogen-bond acceptors (Lipinski definition) is 7. The highest BCUT2D eigenvalue weighted by atomic mass is 32.1. The number of thiophene rings is 2. The first-order chi connectivity index (χ1) is 17.4. The van der Waals surface area contributed by atoms with E-state index in [1.54, 1.807) is 30.5 Å². The van der Waals surface area contributed by atoms with Crippen molar-refractivity contribution in [2.75, 3.05) is 13.7 Å². The largest absolute Gasteiger partial charge is 0.467 e. The summed E-state index contributed by atoms with van der Waals surface area (Å²) in [6.45, 7) is 1.91. The van der Waals surface area contributed by atoms with E-state index < -0.39 is 17.9 Å². The van der Waals surface area contributed by atoms with Crippen LogP contribution in [0.15, 0.2) is 54.0 Å². The minimum atomic E-state index is -1.09. The highest BCUT2D eigenvalue weighted by Crippen LogP contribution is 2.23. The zero-order valence-electron chi connectivity index (χ0n) is 19.5. The van der Waals surface area contributed by atoms with E-state index in [9.17, 15) is 19.2 Å². The molecule has 0 unspecified atom stereocenters. The van der Waals surface area contributed by atoms with E-state index in [2.05, 4.69) is 20.9 Å². The highest BCUT2D eigenvalue weighted by molar-refractivity contribution is 7.16. The Morgan fingerprint density at radius 1 is 1.00 bits per heavy atom. The van der Waals surface area contributed by atoms with Gasteiger partial charge in [-0.3, -0.25) is 14.4 Å². The highest BCUT2D eigenvalue weighted by Gasteiger charge is 2.26. The van der Waals surface area contributed by atoms with Gasteiger partial charge in [-0.25, -0.2) is 4.79 Å². The molecule has 1 atom stereocenters. The van der Waals surface area contributed by atoms with E-state index in [1.807, 2.05) is 30.5 Å². The van der Waals surface area contributed by atoms with Gasteiger partial charge in [0.15, 0.2) is 0 Å². The van der Waals surface area contributed by atoms with Gasteiger partial charge in [0, 0.05) is 30.2 Å². The minimum Gasteiger partial charge on any atom is -0.467 e. The van der Waals surface area contributed by atoms with Crippen molar-refractivity contribution in [1.29, 1.82) is 0 Å². The molecule has 186 valence electrons. The Balaban J connectivity index is 1.40. The summed E-state index contributed by atoms with van der Waals surface area (Å²) >= 11 is 2.30. The predicted molar refractivity (Wildman–Crippen MR) is 138 cm³/mol. The number of H-pyrrole nitrogens is 1. The Hall–Kier alpha value is -3.96. The molecule has 0 radical (unpaired) electrons. The third kappa shape index (κ3) is 5.64. The first kappa shape index (κ1) is 25.1. The van der Waals surface area contributed by atoms with Crippen molar-refractivity contribution in [3.63, 3.8) is 0 Å². The van der Waals surface area contributed by atoms with Crippen molar-refractivity contribution in [1.82, 2.24) is 20.9 Å². The maximum atomic E-state index is 12.9. The Morgan fingerprint density at radius 3 is 2.56 bits per heavy atom. The Kier molecular flexibility index (Phi) is 7.81. The van der Waals surface area contributed by atoms with Crippen molar-refractivity contribution < 1.29 is 23.9 Å². The summed E-state index contributed by atoms with van der Waals surface area (Å²) in [5.74, 6) is -1.88. The first-order valence-electron chi connectivity index (χ1n) is 11.0. The summed E-state index contributed by atoms with van der Waals surface area (Å²) in [7, 11) is 1.20. The van der Waals surface area contributed by atoms with Crippen molar-refractivity contribution >= 4 is 57.3 Å². The van der Waals surface area contributed by atoms with Crippen LogP contribution >= 0.6 is 22.7 Å². The van der Waals surface area contributed by atoms with Crippen LogP contribution in [0.3, 0.4) is 0 Å². The van der Waals surface area contributed by atoms with Gasteiger partial charge in [0.05, 0.1) is 21.7 Å². The van der Waals surface area contributed by atoms with Gasteiger partial charge in [0.25, 0.3) is 17.7 Å². The first-order valence-corrected chi connectivity index (χ1v) is 12.7. The number of benzene rings is 1. The smallest absolute Gasteiger partial charge is 0.330 e. The Morgan fingerprint density at radius 2 is 1.81 bits per heavy atom. The zero-order valence-corrected chi connectivity index (χ0v) is 21.2. The lowest BCUT2D eigenvalue weighted by Gasteiger charge is -2.16. The standard InChI is InChI=1S/C25H24N4O5S2/c1-14-11-20(23(31)27-12-15-5-3-6-17-16(15)8-9-26-17)36-21(14)24(32)29-18(25(33)34-2)13-28-22(30)19-7-4-10-35-19/h3-11,18,26H,12-13H2,1-2H3,(H,27,31)(H,28,30)(H,29,32)/t18-/m0/s1. The summed E-state index contributed by atoms with van der Waals surface area (Å²) in [5, 5.41) is 10.9. The molecule has 0 saturated heterocycles. The Bertz CT molecular complexity index is 1410. The number of rotatable bonds is 9. The molecule has 4 N–H and O–H groups in total. The van der Waals surface area contributed by atoms with Gasteiger partial charge in [0.1, 0.15) is 6.04 Å². The SMILES string of the molecule is COC(=O)[C@H](CNC(=O)c1cccs1)NC(=O)c1sc(C(=O)NCc2cccc3[nH]ccc23)cc1C. The fraction of sp³-hybridized carbons (Fsp3) is 0.200. The van der Waals surface area contributed by atoms with Crippen LogP contribution in [0, 0.1) is 6.92 Å². The van der Waals surface area contributed by atoms with Gasteiger partial charge in [0.2, 0.25) is 0 Å². The van der Waals surface area contributed by atoms with Crippen LogP contribution in [0.1, 0.15) is 40.1 Å². The third-order valence-corrected chi connectivity index (χ3v) is 7.58. The fourth-order valence-electron chi connectivity index (χ4n) is 3.64. The Labute approximate surface area is 214 Å². The lowest BCUT2D eigenvalue weighted by molar-refractivity contribution is -0.142. The molecule has 3 amide bonds. The summed E-state index contributed by atoms with van der Waals surface area (Å²) in [4.78, 5) is 54.5. The molecule has 3 heterocycles. The lowest BCUT2D eigenvalue weighted by Crippen LogP contribution is -2.48. The van der Waals surface area contributed by atoms with Crippen molar-refractivity contribution in [2.24, 2.45) is 0 Å². The summed E-state index contributed by atoms with van der Waals surface area (Å²) < 4.78 is 4.78. The topological polar surface area (TPSA) is 129 Å². The van der Waals surface area contributed by atoms with Gasteiger partial charge < -0.3 is 25.7 Å². The van der Waals surface area contributed by atoms with Gasteiger partial charge in [-0.1, -0.05) is 18.2 Å². The molecule has 0 aliphatic heterocycles. The average Bonchev–Trinajstić information content (AvgIpc) is 3.65. The lowest BCUT2D eigenvalue weighted by atomic mass is 10.1. The van der Waals surface area contributed by atoms with Crippen LogP contribution in [0.25, 0.3) is 10.9 Å². The van der Waals surface area contributed by atoms with E-state index in [1.165, 1.54) is 18.4 Å². The van der Waals surface area contributed by atoms with Crippen LogP contribution in [-0.2, 0) is 16.1 Å². The van der Waals surface area contributed by atoms with E-state index >= 15 is 0 Å². The van der Waals surface area contributed by atoms with E-state index in [0.29, 0.717) is 26.7 Å². The number of carbonyl (C=O) groups is 4. The second-order valence-corrected chi connectivity index (χ2v) is 9.90. The maximum absolute atomic E-state index is 12.9. The number of ether oxygens (including phenoxy) is 1. The zero-order chi connectivity index (χ0) is 25.7. The molecule has 0 aliphatic rings. The molecular formula is C25H24N4O5S2. The molecule has 0 saturated carbocycles. The van der Waals surface area contributed by atoms with Crippen LogP contribution < -0.4 is 16.0 Å². The van der Waals surface area contributed by atoms with E-state index in [4.69, 9.17) is 4.74 Å². The molecular weight excluding hydrogens is 500 g/mol. The molecule has 0 bridgehead atoms. The molecule has 36 heavy (non-hydrogen) atoms.